The number of anilines is 1. The molecule has 0 fully saturated rings. The van der Waals surface area contributed by atoms with E-state index in [2.05, 4.69) is 5.32 Å². The van der Waals surface area contributed by atoms with Gasteiger partial charge >= 0.3 is 0 Å². The van der Waals surface area contributed by atoms with Crippen LogP contribution >= 0.6 is 0 Å². The van der Waals surface area contributed by atoms with Crippen molar-refractivity contribution in [3.8, 4) is 0 Å². The van der Waals surface area contributed by atoms with Crippen molar-refractivity contribution in [2.75, 3.05) is 25.6 Å². The molecule has 0 heterocycles. The van der Waals surface area contributed by atoms with E-state index in [4.69, 9.17) is 4.74 Å². The Hall–Kier alpha value is -1.91. The van der Waals surface area contributed by atoms with Gasteiger partial charge in [-0.2, -0.15) is 0 Å². The summed E-state index contributed by atoms with van der Waals surface area (Å²) in [4.78, 5) is 0. The second-order valence-corrected chi connectivity index (χ2v) is 4.64. The molecule has 20 heavy (non-hydrogen) atoms. The lowest BCUT2D eigenvalue weighted by molar-refractivity contribution is 0.0976. The number of halogens is 1. The van der Waals surface area contributed by atoms with Gasteiger partial charge in [-0.3, -0.25) is 0 Å². The smallest absolute Gasteiger partial charge is 0.146 e. The first-order valence-corrected chi connectivity index (χ1v) is 6.40. The molecule has 1 unspecified atom stereocenters. The topological polar surface area (TPSA) is 41.5 Å². The van der Waals surface area contributed by atoms with Crippen molar-refractivity contribution in [2.24, 2.45) is 0 Å². The Morgan fingerprint density at radius 2 is 1.75 bits per heavy atom. The minimum absolute atomic E-state index is 0.209. The zero-order valence-corrected chi connectivity index (χ0v) is 11.3. The molecule has 2 aromatic rings. The van der Waals surface area contributed by atoms with E-state index >= 15 is 0 Å². The maximum Gasteiger partial charge on any atom is 0.146 e. The fraction of sp³-hybridized carbons (Fsp3) is 0.250. The number of ether oxygens (including phenoxy) is 1. The normalized spacial score (nSPS) is 13.8. The summed E-state index contributed by atoms with van der Waals surface area (Å²) >= 11 is 0. The molecule has 2 N–H and O–H groups in total. The van der Waals surface area contributed by atoms with Gasteiger partial charge in [0.05, 0.1) is 18.9 Å². The summed E-state index contributed by atoms with van der Waals surface area (Å²) in [7, 11) is 1.55. The molecule has 0 aliphatic carbocycles. The minimum atomic E-state index is -0.877. The van der Waals surface area contributed by atoms with E-state index in [1.165, 1.54) is 6.07 Å². The number of hydrogen-bond acceptors (Lipinski definition) is 3. The molecular weight excluding hydrogens is 257 g/mol. The molecule has 0 aliphatic heterocycles. The average molecular weight is 275 g/mol. The molecule has 1 atom stereocenters. The van der Waals surface area contributed by atoms with Gasteiger partial charge in [0.15, 0.2) is 0 Å². The number of benzene rings is 2. The Morgan fingerprint density at radius 1 is 1.10 bits per heavy atom. The first kappa shape index (κ1) is 14.5. The summed E-state index contributed by atoms with van der Waals surface area (Å²) in [6.07, 6.45) is 0. The lowest BCUT2D eigenvalue weighted by Gasteiger charge is -2.34. The number of para-hydroxylation sites is 1. The Morgan fingerprint density at radius 3 is 2.35 bits per heavy atom. The number of hydrogen-bond donors (Lipinski definition) is 2. The van der Waals surface area contributed by atoms with Crippen molar-refractivity contribution < 1.29 is 14.2 Å². The van der Waals surface area contributed by atoms with E-state index in [9.17, 15) is 9.50 Å². The summed E-state index contributed by atoms with van der Waals surface area (Å²) in [5.41, 5.74) is 0.299. The largest absolute Gasteiger partial charge is 0.393 e. The summed E-state index contributed by atoms with van der Waals surface area (Å²) in [5, 5.41) is 12.9. The van der Waals surface area contributed by atoms with Crippen molar-refractivity contribution in [2.45, 2.75) is 5.54 Å². The van der Waals surface area contributed by atoms with Crippen LogP contribution in [0.3, 0.4) is 0 Å². The highest BCUT2D eigenvalue weighted by Gasteiger charge is 2.32. The predicted molar refractivity (Wildman–Crippen MR) is 77.1 cm³/mol. The third-order valence-electron chi connectivity index (χ3n) is 3.23. The molecule has 0 radical (unpaired) electrons. The van der Waals surface area contributed by atoms with Crippen LogP contribution in [0.4, 0.5) is 10.1 Å². The van der Waals surface area contributed by atoms with E-state index in [0.29, 0.717) is 5.69 Å². The van der Waals surface area contributed by atoms with Gasteiger partial charge in [-0.05, 0) is 17.7 Å². The van der Waals surface area contributed by atoms with Crippen LogP contribution in [0.25, 0.3) is 0 Å². The van der Waals surface area contributed by atoms with Crippen molar-refractivity contribution in [1.82, 2.24) is 0 Å². The molecular formula is C16H18FNO2. The van der Waals surface area contributed by atoms with Crippen LogP contribution in [-0.2, 0) is 10.3 Å². The summed E-state index contributed by atoms with van der Waals surface area (Å²) in [6.45, 7) is 0.0149. The van der Waals surface area contributed by atoms with Crippen LogP contribution in [0.1, 0.15) is 5.56 Å². The maximum atomic E-state index is 13.8. The highest BCUT2D eigenvalue weighted by atomic mass is 19.1. The highest BCUT2D eigenvalue weighted by molar-refractivity contribution is 5.49. The lowest BCUT2D eigenvalue weighted by Crippen LogP contribution is -2.43. The minimum Gasteiger partial charge on any atom is -0.393 e. The van der Waals surface area contributed by atoms with Gasteiger partial charge in [-0.15, -0.1) is 0 Å². The van der Waals surface area contributed by atoms with Crippen molar-refractivity contribution in [3.63, 3.8) is 0 Å². The molecule has 0 spiro atoms. The Balaban J connectivity index is 2.40. The first-order valence-electron chi connectivity index (χ1n) is 6.40. The van der Waals surface area contributed by atoms with Crippen LogP contribution in [-0.4, -0.2) is 25.4 Å². The molecule has 0 saturated heterocycles. The molecule has 4 heteroatoms. The highest BCUT2D eigenvalue weighted by Crippen LogP contribution is 2.28. The fourth-order valence-electron chi connectivity index (χ4n) is 2.19. The van der Waals surface area contributed by atoms with Crippen molar-refractivity contribution in [3.05, 3.63) is 66.0 Å². The number of aliphatic hydroxyl groups excluding tert-OH is 1. The van der Waals surface area contributed by atoms with E-state index in [-0.39, 0.29) is 19.0 Å². The molecule has 0 bridgehead atoms. The van der Waals surface area contributed by atoms with Gasteiger partial charge in [-0.1, -0.05) is 42.5 Å². The molecule has 0 aliphatic rings. The molecule has 2 aromatic carbocycles. The third kappa shape index (κ3) is 2.98. The van der Waals surface area contributed by atoms with Gasteiger partial charge in [0.2, 0.25) is 0 Å². The number of rotatable bonds is 6. The van der Waals surface area contributed by atoms with Gasteiger partial charge in [0, 0.05) is 7.11 Å². The second-order valence-electron chi connectivity index (χ2n) is 4.64. The standard InChI is InChI=1S/C16H18FNO2/c1-20-12-16(11-19,13-7-3-2-4-8-13)18-15-10-6-5-9-14(15)17/h2-10,18-19H,11-12H2,1H3. The van der Waals surface area contributed by atoms with Crippen LogP contribution < -0.4 is 5.32 Å². The van der Waals surface area contributed by atoms with Gasteiger partial charge in [0.1, 0.15) is 11.4 Å². The lowest BCUT2D eigenvalue weighted by atomic mass is 9.91. The quantitative estimate of drug-likeness (QED) is 0.851. The summed E-state index contributed by atoms with van der Waals surface area (Å²) in [5.74, 6) is -0.364. The van der Waals surface area contributed by atoms with Crippen molar-refractivity contribution in [1.29, 1.82) is 0 Å². The number of methoxy groups -OCH3 is 1. The summed E-state index contributed by atoms with van der Waals surface area (Å²) < 4.78 is 19.0. The Kier molecular flexibility index (Phi) is 4.71. The fourth-order valence-corrected chi connectivity index (χ4v) is 2.19. The average Bonchev–Trinajstić information content (AvgIpc) is 2.50. The van der Waals surface area contributed by atoms with Gasteiger partial charge in [0.25, 0.3) is 0 Å². The first-order chi connectivity index (χ1) is 9.72. The molecule has 0 amide bonds. The zero-order chi connectivity index (χ0) is 14.4. The molecule has 0 aromatic heterocycles. The molecule has 2 rings (SSSR count). The van der Waals surface area contributed by atoms with Crippen molar-refractivity contribution >= 4 is 5.69 Å². The molecule has 106 valence electrons. The maximum absolute atomic E-state index is 13.8. The molecule has 0 saturated carbocycles. The van der Waals surface area contributed by atoms with E-state index in [1.54, 1.807) is 25.3 Å². The van der Waals surface area contributed by atoms with Gasteiger partial charge in [-0.25, -0.2) is 4.39 Å². The van der Waals surface area contributed by atoms with Crippen LogP contribution in [0.5, 0.6) is 0 Å². The third-order valence-corrected chi connectivity index (χ3v) is 3.23. The van der Waals surface area contributed by atoms with Crippen LogP contribution in [0.2, 0.25) is 0 Å². The van der Waals surface area contributed by atoms with E-state index in [0.717, 1.165) is 5.56 Å². The summed E-state index contributed by atoms with van der Waals surface area (Å²) in [6, 6.07) is 15.8. The monoisotopic (exact) mass is 275 g/mol. The zero-order valence-electron chi connectivity index (χ0n) is 11.3. The van der Waals surface area contributed by atoms with Crippen LogP contribution in [0, 0.1) is 5.82 Å². The van der Waals surface area contributed by atoms with E-state index in [1.807, 2.05) is 30.3 Å². The van der Waals surface area contributed by atoms with Crippen LogP contribution in [0.15, 0.2) is 54.6 Å². The molecule has 3 nitrogen and oxygen atoms in total. The van der Waals surface area contributed by atoms with E-state index < -0.39 is 5.54 Å². The second kappa shape index (κ2) is 6.50. The Bertz CT molecular complexity index is 547. The van der Waals surface area contributed by atoms with Gasteiger partial charge < -0.3 is 15.2 Å². The SMILES string of the molecule is COCC(CO)(Nc1ccccc1F)c1ccccc1. The Labute approximate surface area is 118 Å². The number of aliphatic hydroxyl groups is 1. The predicted octanol–water partition coefficient (Wildman–Crippen LogP) is 2.77. The number of nitrogens with one attached hydrogen (secondary N) is 1.